The molecule has 0 saturated carbocycles. The van der Waals surface area contributed by atoms with E-state index in [4.69, 9.17) is 18.9 Å². The quantitative estimate of drug-likeness (QED) is 0.103. The molecule has 0 spiro atoms. The van der Waals surface area contributed by atoms with Gasteiger partial charge in [-0.25, -0.2) is 14.4 Å². The van der Waals surface area contributed by atoms with Gasteiger partial charge in [-0.1, -0.05) is 55.6 Å². The molecule has 0 aliphatic rings. The Bertz CT molecular complexity index is 1530. The maximum absolute atomic E-state index is 12.7. The molecule has 196 valence electrons. The van der Waals surface area contributed by atoms with Crippen molar-refractivity contribution in [2.75, 3.05) is 6.79 Å². The van der Waals surface area contributed by atoms with E-state index in [1.165, 1.54) is 0 Å². The second kappa shape index (κ2) is 12.4. The molecule has 0 aliphatic heterocycles. The number of fused-ring (bicyclic) bond motifs is 1. The normalized spacial score (nSPS) is 10.4. The Hall–Kier alpha value is -5.17. The topological polar surface area (TPSA) is 88.1 Å². The van der Waals surface area contributed by atoms with Gasteiger partial charge < -0.3 is 18.9 Å². The van der Waals surface area contributed by atoms with Gasteiger partial charge in [-0.3, -0.25) is 0 Å². The standard InChI is InChI=1S/C32H26O7/c1-4-30(33)38-20-37-28-13-15-29(16-14-28)39-32(35)27-12-11-25-17-24(9-10-26(25)18-27)23-7-5-22(6-8-23)19-36-31(34)21(2)3/h4-18H,1-2,19-20H2,3H3. The van der Waals surface area contributed by atoms with Crippen molar-refractivity contribution in [3.8, 4) is 22.6 Å². The predicted octanol–water partition coefficient (Wildman–Crippen LogP) is 6.41. The molecule has 0 unspecified atom stereocenters. The molecule has 0 atom stereocenters. The highest BCUT2D eigenvalue weighted by Crippen LogP contribution is 2.26. The van der Waals surface area contributed by atoms with Gasteiger partial charge in [0.05, 0.1) is 5.56 Å². The van der Waals surface area contributed by atoms with E-state index in [0.717, 1.165) is 33.5 Å². The molecule has 7 nitrogen and oxygen atoms in total. The second-order valence-corrected chi connectivity index (χ2v) is 8.62. The molecule has 4 aromatic rings. The summed E-state index contributed by atoms with van der Waals surface area (Å²) in [5.41, 5.74) is 3.70. The minimum Gasteiger partial charge on any atom is -0.457 e. The van der Waals surface area contributed by atoms with E-state index in [2.05, 4.69) is 13.2 Å². The maximum atomic E-state index is 12.7. The zero-order valence-corrected chi connectivity index (χ0v) is 21.3. The van der Waals surface area contributed by atoms with E-state index in [0.29, 0.717) is 22.6 Å². The molecular formula is C32H26O7. The summed E-state index contributed by atoms with van der Waals surface area (Å²) in [6.45, 7) is 8.44. The second-order valence-electron chi connectivity index (χ2n) is 8.62. The monoisotopic (exact) mass is 522 g/mol. The summed E-state index contributed by atoms with van der Waals surface area (Å²) < 4.78 is 20.7. The van der Waals surface area contributed by atoms with Gasteiger partial charge in [-0.15, -0.1) is 0 Å². The first-order valence-electron chi connectivity index (χ1n) is 12.0. The van der Waals surface area contributed by atoms with Crippen LogP contribution in [0.25, 0.3) is 21.9 Å². The van der Waals surface area contributed by atoms with Crippen LogP contribution in [0.15, 0.2) is 110 Å². The van der Waals surface area contributed by atoms with Gasteiger partial charge in [0.2, 0.25) is 6.79 Å². The third kappa shape index (κ3) is 7.20. The molecule has 4 rings (SSSR count). The van der Waals surface area contributed by atoms with Crippen LogP contribution in [0.5, 0.6) is 11.5 Å². The molecule has 0 radical (unpaired) electrons. The Morgan fingerprint density at radius 3 is 2.10 bits per heavy atom. The first kappa shape index (κ1) is 26.9. The Balaban J connectivity index is 1.38. The van der Waals surface area contributed by atoms with E-state index < -0.39 is 17.9 Å². The lowest BCUT2D eigenvalue weighted by molar-refractivity contribution is -0.144. The zero-order chi connectivity index (χ0) is 27.8. The number of carbonyl (C=O) groups is 3. The average molecular weight is 523 g/mol. The van der Waals surface area contributed by atoms with Gasteiger partial charge in [0.15, 0.2) is 0 Å². The van der Waals surface area contributed by atoms with Crippen molar-refractivity contribution in [1.82, 2.24) is 0 Å². The lowest BCUT2D eigenvalue weighted by atomic mass is 9.99. The number of hydrogen-bond acceptors (Lipinski definition) is 7. The average Bonchev–Trinajstić information content (AvgIpc) is 2.96. The van der Waals surface area contributed by atoms with Gasteiger partial charge in [-0.2, -0.15) is 0 Å². The van der Waals surface area contributed by atoms with E-state index in [1.807, 2.05) is 48.5 Å². The molecule has 39 heavy (non-hydrogen) atoms. The van der Waals surface area contributed by atoms with Gasteiger partial charge in [0.1, 0.15) is 18.1 Å². The summed E-state index contributed by atoms with van der Waals surface area (Å²) in [5.74, 6) is -0.679. The molecule has 0 saturated heterocycles. The van der Waals surface area contributed by atoms with Crippen LogP contribution in [0.1, 0.15) is 22.8 Å². The lowest BCUT2D eigenvalue weighted by Crippen LogP contribution is -2.09. The van der Waals surface area contributed by atoms with Crippen LogP contribution < -0.4 is 9.47 Å². The highest BCUT2D eigenvalue weighted by Gasteiger charge is 2.11. The third-order valence-corrected chi connectivity index (χ3v) is 5.71. The Morgan fingerprint density at radius 1 is 0.769 bits per heavy atom. The molecule has 4 aromatic carbocycles. The number of ether oxygens (including phenoxy) is 4. The van der Waals surface area contributed by atoms with Crippen molar-refractivity contribution < 1.29 is 33.3 Å². The molecule has 7 heteroatoms. The molecule has 0 fully saturated rings. The zero-order valence-electron chi connectivity index (χ0n) is 21.3. The van der Waals surface area contributed by atoms with E-state index >= 15 is 0 Å². The highest BCUT2D eigenvalue weighted by atomic mass is 16.7. The van der Waals surface area contributed by atoms with E-state index in [9.17, 15) is 14.4 Å². The number of rotatable bonds is 10. The number of hydrogen-bond donors (Lipinski definition) is 0. The van der Waals surface area contributed by atoms with Crippen molar-refractivity contribution in [2.24, 2.45) is 0 Å². The van der Waals surface area contributed by atoms with Crippen LogP contribution in [0.4, 0.5) is 0 Å². The lowest BCUT2D eigenvalue weighted by Gasteiger charge is -2.09. The maximum Gasteiger partial charge on any atom is 0.343 e. The van der Waals surface area contributed by atoms with E-state index in [1.54, 1.807) is 43.3 Å². The van der Waals surface area contributed by atoms with Crippen molar-refractivity contribution in [2.45, 2.75) is 13.5 Å². The molecule has 0 bridgehead atoms. The molecular weight excluding hydrogens is 496 g/mol. The minimum atomic E-state index is -0.582. The SMILES string of the molecule is C=CC(=O)OCOc1ccc(OC(=O)c2ccc3cc(-c4ccc(COC(=O)C(=C)C)cc4)ccc3c2)cc1. The third-order valence-electron chi connectivity index (χ3n) is 5.71. The van der Waals surface area contributed by atoms with E-state index in [-0.39, 0.29) is 13.4 Å². The molecule has 0 aliphatic carbocycles. The number of benzene rings is 4. The smallest absolute Gasteiger partial charge is 0.343 e. The van der Waals surface area contributed by atoms with Crippen molar-refractivity contribution >= 4 is 28.7 Å². The molecule has 0 amide bonds. The van der Waals surface area contributed by atoms with Crippen molar-refractivity contribution in [1.29, 1.82) is 0 Å². The Kier molecular flexibility index (Phi) is 8.53. The first-order chi connectivity index (χ1) is 18.8. The van der Waals surface area contributed by atoms with Crippen molar-refractivity contribution in [3.05, 3.63) is 121 Å². The summed E-state index contributed by atoms with van der Waals surface area (Å²) >= 11 is 0. The van der Waals surface area contributed by atoms with Gasteiger partial charge in [0.25, 0.3) is 0 Å². The summed E-state index contributed by atoms with van der Waals surface area (Å²) in [7, 11) is 0. The van der Waals surface area contributed by atoms with Crippen molar-refractivity contribution in [3.63, 3.8) is 0 Å². The summed E-state index contributed by atoms with van der Waals surface area (Å²) in [4.78, 5) is 35.4. The fourth-order valence-electron chi connectivity index (χ4n) is 3.60. The fourth-order valence-corrected chi connectivity index (χ4v) is 3.60. The Labute approximate surface area is 225 Å². The fraction of sp³-hybridized carbons (Fsp3) is 0.0938. The Morgan fingerprint density at radius 2 is 1.41 bits per heavy atom. The van der Waals surface area contributed by atoms with Gasteiger partial charge >= 0.3 is 17.9 Å². The summed E-state index contributed by atoms with van der Waals surface area (Å²) in [6.07, 6.45) is 1.05. The van der Waals surface area contributed by atoms with Crippen LogP contribution in [0.2, 0.25) is 0 Å². The number of esters is 3. The predicted molar refractivity (Wildman–Crippen MR) is 147 cm³/mol. The molecule has 0 aromatic heterocycles. The highest BCUT2D eigenvalue weighted by molar-refractivity contribution is 5.97. The summed E-state index contributed by atoms with van der Waals surface area (Å²) in [5, 5.41) is 1.87. The molecule has 0 heterocycles. The first-order valence-corrected chi connectivity index (χ1v) is 12.0. The molecule has 0 N–H and O–H groups in total. The summed E-state index contributed by atoms with van der Waals surface area (Å²) in [6, 6.07) is 25.5. The minimum absolute atomic E-state index is 0.188. The van der Waals surface area contributed by atoms with Crippen LogP contribution in [-0.2, 0) is 25.7 Å². The van der Waals surface area contributed by atoms with Crippen LogP contribution in [-0.4, -0.2) is 24.7 Å². The van der Waals surface area contributed by atoms with Crippen LogP contribution >= 0.6 is 0 Å². The number of carbonyl (C=O) groups excluding carboxylic acids is 3. The van der Waals surface area contributed by atoms with Gasteiger partial charge in [-0.05, 0) is 76.9 Å². The van der Waals surface area contributed by atoms with Crippen LogP contribution in [0, 0.1) is 0 Å². The largest absolute Gasteiger partial charge is 0.457 e. The van der Waals surface area contributed by atoms with Crippen LogP contribution in [0.3, 0.4) is 0 Å². The van der Waals surface area contributed by atoms with Gasteiger partial charge in [0, 0.05) is 11.6 Å².